The zero-order valence-corrected chi connectivity index (χ0v) is 24.9. The summed E-state index contributed by atoms with van der Waals surface area (Å²) < 4.78 is 42.3. The Hall–Kier alpha value is -3.76. The number of hydrogen-bond acceptors (Lipinski definition) is 4. The fourth-order valence-corrected chi connectivity index (χ4v) is 5.45. The summed E-state index contributed by atoms with van der Waals surface area (Å²) in [7, 11) is -1.42. The molecule has 3 aromatic rings. The summed E-state index contributed by atoms with van der Waals surface area (Å²) in [6.45, 7) is 3.94. The molecule has 3 rings (SSSR count). The quantitative estimate of drug-likeness (QED) is 0.287. The van der Waals surface area contributed by atoms with Gasteiger partial charge in [-0.2, -0.15) is 12.7 Å². The van der Waals surface area contributed by atoms with Crippen molar-refractivity contribution < 1.29 is 22.4 Å². The van der Waals surface area contributed by atoms with Gasteiger partial charge in [0.1, 0.15) is 18.4 Å². The Morgan fingerprint density at radius 2 is 1.59 bits per heavy atom. The maximum atomic E-state index is 14.2. The monoisotopic (exact) mass is 582 g/mol. The third-order valence-electron chi connectivity index (χ3n) is 6.67. The van der Waals surface area contributed by atoms with Gasteiger partial charge in [-0.25, -0.2) is 8.70 Å². The largest absolute Gasteiger partial charge is 0.354 e. The van der Waals surface area contributed by atoms with E-state index in [-0.39, 0.29) is 24.6 Å². The second-order valence-electron chi connectivity index (χ2n) is 10.1. The van der Waals surface area contributed by atoms with Gasteiger partial charge in [0, 0.05) is 33.6 Å². The Labute approximate surface area is 243 Å². The fourth-order valence-electron chi connectivity index (χ4n) is 4.39. The highest BCUT2D eigenvalue weighted by Gasteiger charge is 2.34. The van der Waals surface area contributed by atoms with Crippen molar-refractivity contribution in [2.75, 3.05) is 31.5 Å². The van der Waals surface area contributed by atoms with Gasteiger partial charge in [0.25, 0.3) is 0 Å². The van der Waals surface area contributed by atoms with Gasteiger partial charge in [-0.1, -0.05) is 73.5 Å². The zero-order valence-electron chi connectivity index (χ0n) is 24.1. The average molecular weight is 583 g/mol. The van der Waals surface area contributed by atoms with Gasteiger partial charge in [-0.05, 0) is 48.7 Å². The Morgan fingerprint density at radius 3 is 2.20 bits per heavy atom. The molecule has 0 heterocycles. The van der Waals surface area contributed by atoms with Crippen LogP contribution in [-0.4, -0.2) is 62.7 Å². The van der Waals surface area contributed by atoms with Gasteiger partial charge >= 0.3 is 10.2 Å². The van der Waals surface area contributed by atoms with E-state index in [1.807, 2.05) is 68.4 Å². The normalized spacial score (nSPS) is 12.1. The number of nitrogens with zero attached hydrogens (tertiary/aromatic N) is 3. The molecule has 41 heavy (non-hydrogen) atoms. The lowest BCUT2D eigenvalue weighted by Crippen LogP contribution is -2.54. The Kier molecular flexibility index (Phi) is 11.4. The van der Waals surface area contributed by atoms with Crippen molar-refractivity contribution in [3.8, 4) is 0 Å². The molecular formula is C31H39FN4O4S. The second-order valence-corrected chi connectivity index (χ2v) is 12.2. The van der Waals surface area contributed by atoms with Crippen LogP contribution in [0.25, 0.3) is 0 Å². The molecule has 0 radical (unpaired) electrons. The van der Waals surface area contributed by atoms with Crippen LogP contribution >= 0.6 is 0 Å². The van der Waals surface area contributed by atoms with Crippen LogP contribution in [0.3, 0.4) is 0 Å². The van der Waals surface area contributed by atoms with Crippen LogP contribution in [0.5, 0.6) is 0 Å². The first-order valence-electron chi connectivity index (χ1n) is 13.6. The SMILES string of the molecule is CCCCNC(=O)[C@H](Cc1ccccc1)N(Cc1cccc(C)c1)C(=O)CN(c1ccc(F)cc1)S(=O)(=O)N(C)C. The summed E-state index contributed by atoms with van der Waals surface area (Å²) >= 11 is 0. The van der Waals surface area contributed by atoms with Crippen molar-refractivity contribution in [3.63, 3.8) is 0 Å². The summed E-state index contributed by atoms with van der Waals surface area (Å²) in [5, 5.41) is 2.96. The smallest absolute Gasteiger partial charge is 0.304 e. The van der Waals surface area contributed by atoms with Gasteiger partial charge in [0.2, 0.25) is 11.8 Å². The molecule has 8 nitrogen and oxygen atoms in total. The molecule has 0 aliphatic carbocycles. The highest BCUT2D eigenvalue weighted by molar-refractivity contribution is 7.90. The van der Waals surface area contributed by atoms with Gasteiger partial charge < -0.3 is 10.2 Å². The minimum absolute atomic E-state index is 0.0957. The minimum Gasteiger partial charge on any atom is -0.354 e. The third-order valence-corrected chi connectivity index (χ3v) is 8.49. The van der Waals surface area contributed by atoms with Gasteiger partial charge in [-0.3, -0.25) is 9.59 Å². The molecule has 0 saturated heterocycles. The maximum absolute atomic E-state index is 14.2. The Balaban J connectivity index is 2.07. The van der Waals surface area contributed by atoms with Crippen molar-refractivity contribution in [3.05, 3.63) is 101 Å². The predicted octanol–water partition coefficient (Wildman–Crippen LogP) is 4.30. The second kappa shape index (κ2) is 14.7. The molecule has 0 aliphatic heterocycles. The number of amides is 2. The van der Waals surface area contributed by atoms with E-state index in [1.165, 1.54) is 31.1 Å². The van der Waals surface area contributed by atoms with E-state index in [0.29, 0.717) is 6.54 Å². The minimum atomic E-state index is -4.14. The van der Waals surface area contributed by atoms with Crippen LogP contribution in [-0.2, 0) is 32.8 Å². The Bertz CT molecular complexity index is 1400. The van der Waals surface area contributed by atoms with E-state index in [1.54, 1.807) is 0 Å². The molecule has 1 atom stereocenters. The lowest BCUT2D eigenvalue weighted by atomic mass is 10.0. The molecule has 0 unspecified atom stereocenters. The number of benzene rings is 3. The first-order chi connectivity index (χ1) is 19.5. The van der Waals surface area contributed by atoms with Crippen LogP contribution in [0.2, 0.25) is 0 Å². The number of carbonyl (C=O) groups excluding carboxylic acids is 2. The molecule has 0 fully saturated rings. The van der Waals surface area contributed by atoms with E-state index >= 15 is 0 Å². The third kappa shape index (κ3) is 8.86. The van der Waals surface area contributed by atoms with Gasteiger partial charge in [0.15, 0.2) is 0 Å². The molecule has 0 spiro atoms. The highest BCUT2D eigenvalue weighted by atomic mass is 32.2. The van der Waals surface area contributed by atoms with Crippen molar-refractivity contribution in [2.24, 2.45) is 0 Å². The lowest BCUT2D eigenvalue weighted by Gasteiger charge is -2.34. The van der Waals surface area contributed by atoms with E-state index in [0.717, 1.165) is 50.3 Å². The molecule has 3 aromatic carbocycles. The molecule has 1 N–H and O–H groups in total. The molecule has 0 bridgehead atoms. The number of hydrogen-bond donors (Lipinski definition) is 1. The van der Waals surface area contributed by atoms with Crippen molar-refractivity contribution in [1.82, 2.24) is 14.5 Å². The molecule has 10 heteroatoms. The van der Waals surface area contributed by atoms with Crippen molar-refractivity contribution in [1.29, 1.82) is 0 Å². The number of unbranched alkanes of at least 4 members (excludes halogenated alkanes) is 1. The molecule has 0 aliphatic rings. The Morgan fingerprint density at radius 1 is 0.927 bits per heavy atom. The predicted molar refractivity (Wildman–Crippen MR) is 160 cm³/mol. The molecule has 220 valence electrons. The number of aryl methyl sites for hydroxylation is 1. The van der Waals surface area contributed by atoms with E-state index in [2.05, 4.69) is 5.32 Å². The molecule has 0 aromatic heterocycles. The van der Waals surface area contributed by atoms with Crippen LogP contribution in [0, 0.1) is 12.7 Å². The van der Waals surface area contributed by atoms with E-state index < -0.39 is 34.5 Å². The number of rotatable bonds is 14. The highest BCUT2D eigenvalue weighted by Crippen LogP contribution is 2.22. The summed E-state index contributed by atoms with van der Waals surface area (Å²) in [4.78, 5) is 29.3. The number of anilines is 1. The topological polar surface area (TPSA) is 90.0 Å². The average Bonchev–Trinajstić information content (AvgIpc) is 2.94. The van der Waals surface area contributed by atoms with Crippen molar-refractivity contribution >= 4 is 27.7 Å². The summed E-state index contributed by atoms with van der Waals surface area (Å²) in [6.07, 6.45) is 1.92. The van der Waals surface area contributed by atoms with Crippen LogP contribution in [0.1, 0.15) is 36.5 Å². The summed E-state index contributed by atoms with van der Waals surface area (Å²) in [5.74, 6) is -1.41. The molecule has 0 saturated carbocycles. The van der Waals surface area contributed by atoms with Crippen molar-refractivity contribution in [2.45, 2.75) is 45.7 Å². The van der Waals surface area contributed by atoms with E-state index in [9.17, 15) is 22.4 Å². The van der Waals surface area contributed by atoms with Gasteiger partial charge in [-0.15, -0.1) is 0 Å². The number of nitrogens with one attached hydrogen (secondary N) is 1. The van der Waals surface area contributed by atoms with Crippen LogP contribution in [0.4, 0.5) is 10.1 Å². The number of carbonyl (C=O) groups is 2. The summed E-state index contributed by atoms with van der Waals surface area (Å²) in [5.41, 5.74) is 2.80. The zero-order chi connectivity index (χ0) is 30.0. The van der Waals surface area contributed by atoms with E-state index in [4.69, 9.17) is 0 Å². The first kappa shape index (κ1) is 31.8. The number of halogens is 1. The van der Waals surface area contributed by atoms with Crippen LogP contribution in [0.15, 0.2) is 78.9 Å². The fraction of sp³-hybridized carbons (Fsp3) is 0.355. The summed E-state index contributed by atoms with van der Waals surface area (Å²) in [6, 6.07) is 21.0. The van der Waals surface area contributed by atoms with Gasteiger partial charge in [0.05, 0.1) is 5.69 Å². The maximum Gasteiger partial charge on any atom is 0.304 e. The first-order valence-corrected chi connectivity index (χ1v) is 15.0. The molecular weight excluding hydrogens is 543 g/mol. The standard InChI is InChI=1S/C31H39FN4O4S/c1-5-6-19-33-31(38)29(21-25-12-8-7-9-13-25)35(22-26-14-10-11-24(2)20-26)30(37)23-36(41(39,40)34(3)4)28-17-15-27(32)16-18-28/h7-18,20,29H,5-6,19,21-23H2,1-4H3,(H,33,38)/t29-/m0/s1. The lowest BCUT2D eigenvalue weighted by molar-refractivity contribution is -0.140. The molecule has 2 amide bonds. The van der Waals surface area contributed by atoms with Crippen LogP contribution < -0.4 is 9.62 Å².